The Balaban J connectivity index is 1.69. The maximum atomic E-state index is 12.2. The molecule has 0 fully saturated rings. The third-order valence-electron chi connectivity index (χ3n) is 5.41. The van der Waals surface area contributed by atoms with E-state index >= 15 is 0 Å². The van der Waals surface area contributed by atoms with Gasteiger partial charge >= 0.3 is 0 Å². The lowest BCUT2D eigenvalue weighted by Gasteiger charge is -2.09. The van der Waals surface area contributed by atoms with Gasteiger partial charge in [0.15, 0.2) is 0 Å². The fourth-order valence-electron chi connectivity index (χ4n) is 3.80. The van der Waals surface area contributed by atoms with Crippen LogP contribution in [0.5, 0.6) is 0 Å². The van der Waals surface area contributed by atoms with Gasteiger partial charge in [-0.2, -0.15) is 21.6 Å². The summed E-state index contributed by atoms with van der Waals surface area (Å²) in [4.78, 5) is 0.142. The molecule has 1 heterocycles. The number of hydrogen-bond acceptors (Lipinski definition) is 6. The lowest BCUT2D eigenvalue weighted by atomic mass is 10.1. The summed E-state index contributed by atoms with van der Waals surface area (Å²) >= 11 is 0. The highest BCUT2D eigenvalue weighted by atomic mass is 32.2. The fraction of sp³-hybridized carbons (Fsp3) is 0. The van der Waals surface area contributed by atoms with Gasteiger partial charge in [0, 0.05) is 5.39 Å². The van der Waals surface area contributed by atoms with Crippen molar-refractivity contribution < 1.29 is 25.9 Å². The number of hydrogen-bond donors (Lipinski definition) is 2. The molecule has 4 aromatic carbocycles. The molecular formula is C24H17N3O6S2. The molecule has 11 heteroatoms. The van der Waals surface area contributed by atoms with E-state index in [0.29, 0.717) is 11.0 Å². The fourth-order valence-corrected chi connectivity index (χ4v) is 5.21. The lowest BCUT2D eigenvalue weighted by Crippen LogP contribution is -2.06. The third-order valence-corrected chi connectivity index (χ3v) is 7.22. The highest BCUT2D eigenvalue weighted by Crippen LogP contribution is 2.29. The van der Waals surface area contributed by atoms with Crippen molar-refractivity contribution in [2.45, 2.75) is 4.90 Å². The predicted molar refractivity (Wildman–Crippen MR) is 132 cm³/mol. The van der Waals surface area contributed by atoms with Gasteiger partial charge < -0.3 is 0 Å². The van der Waals surface area contributed by atoms with E-state index in [1.165, 1.54) is 29.1 Å². The zero-order chi connectivity index (χ0) is 24.8. The molecule has 5 rings (SSSR count). The number of rotatable bonds is 5. The molecular weight excluding hydrogens is 490 g/mol. The molecule has 0 amide bonds. The first-order valence-electron chi connectivity index (χ1n) is 10.2. The Hall–Kier alpha value is -3.90. The maximum absolute atomic E-state index is 12.2. The summed E-state index contributed by atoms with van der Waals surface area (Å²) in [5, 5.41) is 10.7. The van der Waals surface area contributed by atoms with Crippen molar-refractivity contribution in [2.24, 2.45) is 0 Å². The van der Waals surface area contributed by atoms with Crippen LogP contribution in [0.3, 0.4) is 0 Å². The van der Waals surface area contributed by atoms with Gasteiger partial charge in [0.2, 0.25) is 0 Å². The lowest BCUT2D eigenvalue weighted by molar-refractivity contribution is 0.482. The van der Waals surface area contributed by atoms with Crippen LogP contribution in [0.15, 0.2) is 89.8 Å². The molecule has 2 N–H and O–H groups in total. The van der Waals surface area contributed by atoms with E-state index in [4.69, 9.17) is 0 Å². The number of aromatic nitrogens is 3. The van der Waals surface area contributed by atoms with Gasteiger partial charge in [-0.1, -0.05) is 66.7 Å². The van der Waals surface area contributed by atoms with Gasteiger partial charge in [0.1, 0.15) is 20.8 Å². The maximum Gasteiger partial charge on any atom is 0.295 e. The zero-order valence-corrected chi connectivity index (χ0v) is 19.5. The average molecular weight is 508 g/mol. The van der Waals surface area contributed by atoms with E-state index in [1.54, 1.807) is 24.3 Å². The smallest absolute Gasteiger partial charge is 0.282 e. The van der Waals surface area contributed by atoms with Crippen molar-refractivity contribution in [2.75, 3.05) is 0 Å². The minimum atomic E-state index is -4.79. The number of benzene rings is 4. The Bertz CT molecular complexity index is 1840. The molecule has 35 heavy (non-hydrogen) atoms. The van der Waals surface area contributed by atoms with Gasteiger partial charge in [-0.05, 0) is 40.8 Å². The van der Waals surface area contributed by atoms with Gasteiger partial charge in [0.05, 0.1) is 5.69 Å². The van der Waals surface area contributed by atoms with Crippen LogP contribution in [0, 0.1) is 0 Å². The van der Waals surface area contributed by atoms with Crippen LogP contribution < -0.4 is 0 Å². The molecule has 1 aromatic heterocycles. The van der Waals surface area contributed by atoms with Crippen LogP contribution in [0.4, 0.5) is 0 Å². The van der Waals surface area contributed by atoms with Crippen molar-refractivity contribution in [1.82, 2.24) is 15.0 Å². The van der Waals surface area contributed by atoms with Gasteiger partial charge in [0.25, 0.3) is 20.2 Å². The second-order valence-electron chi connectivity index (χ2n) is 7.69. The Labute approximate surface area is 200 Å². The summed E-state index contributed by atoms with van der Waals surface area (Å²) in [5.74, 6) is 0. The first kappa shape index (κ1) is 22.9. The topological polar surface area (TPSA) is 139 Å². The van der Waals surface area contributed by atoms with Crippen LogP contribution in [-0.4, -0.2) is 40.9 Å². The summed E-state index contributed by atoms with van der Waals surface area (Å²) in [7, 11) is -9.52. The Kier molecular flexibility index (Phi) is 5.49. The highest BCUT2D eigenvalue weighted by Gasteiger charge is 2.21. The summed E-state index contributed by atoms with van der Waals surface area (Å²) in [6, 6.07) is 22.9. The SMILES string of the molecule is O=S(=O)(O)C(=Cc1ccc(-n2nc3ccc4ccccc4c3n2)cc1S(=O)(=O)O)c1ccccc1. The molecule has 5 aromatic rings. The quantitative estimate of drug-likeness (QED) is 0.266. The Morgan fingerprint density at radius 2 is 1.51 bits per heavy atom. The minimum Gasteiger partial charge on any atom is -0.282 e. The van der Waals surface area contributed by atoms with Gasteiger partial charge in [-0.25, -0.2) is 0 Å². The van der Waals surface area contributed by atoms with Crippen molar-refractivity contribution in [1.29, 1.82) is 0 Å². The molecule has 176 valence electrons. The Morgan fingerprint density at radius 3 is 2.23 bits per heavy atom. The summed E-state index contributed by atoms with van der Waals surface area (Å²) in [6.07, 6.45) is 0.984. The molecule has 0 bridgehead atoms. The minimum absolute atomic E-state index is 0.144. The molecule has 0 unspecified atom stereocenters. The Morgan fingerprint density at radius 1 is 0.800 bits per heavy atom. The van der Waals surface area contributed by atoms with Crippen LogP contribution in [0.2, 0.25) is 0 Å². The van der Waals surface area contributed by atoms with Crippen molar-refractivity contribution in [3.05, 3.63) is 96.1 Å². The largest absolute Gasteiger partial charge is 0.295 e. The van der Waals surface area contributed by atoms with E-state index in [-0.39, 0.29) is 16.8 Å². The molecule has 0 saturated carbocycles. The molecule has 0 spiro atoms. The highest BCUT2D eigenvalue weighted by molar-refractivity contribution is 7.95. The third kappa shape index (κ3) is 4.45. The predicted octanol–water partition coefficient (Wildman–Crippen LogP) is 4.21. The van der Waals surface area contributed by atoms with Gasteiger partial charge in [-0.3, -0.25) is 9.11 Å². The standard InChI is InChI=1S/C24H17N3O6S2/c28-34(29,30)22(17-7-2-1-3-8-17)14-18-10-12-19(15-23(18)35(31,32)33)27-25-21-13-11-16-6-4-5-9-20(16)24(21)26-27/h1-15H,(H,28,29,30)(H,31,32,33). The molecule has 0 aliphatic rings. The summed E-state index contributed by atoms with van der Waals surface area (Å²) in [5.41, 5.74) is 1.42. The van der Waals surface area contributed by atoms with Crippen LogP contribution >= 0.6 is 0 Å². The summed E-state index contributed by atoms with van der Waals surface area (Å²) < 4.78 is 68.2. The molecule has 0 aliphatic carbocycles. The molecule has 9 nitrogen and oxygen atoms in total. The van der Waals surface area contributed by atoms with Crippen molar-refractivity contribution in [3.8, 4) is 5.69 Å². The van der Waals surface area contributed by atoms with Gasteiger partial charge in [-0.15, -0.1) is 10.2 Å². The molecule has 0 radical (unpaired) electrons. The van der Waals surface area contributed by atoms with E-state index in [2.05, 4.69) is 10.2 Å². The molecule has 0 saturated heterocycles. The van der Waals surface area contributed by atoms with E-state index in [9.17, 15) is 25.9 Å². The average Bonchev–Trinajstić information content (AvgIpc) is 3.27. The van der Waals surface area contributed by atoms with E-state index in [0.717, 1.165) is 22.9 Å². The van der Waals surface area contributed by atoms with Crippen LogP contribution in [-0.2, 0) is 20.2 Å². The van der Waals surface area contributed by atoms with Crippen LogP contribution in [0.25, 0.3) is 38.5 Å². The second-order valence-corrected chi connectivity index (χ2v) is 10.5. The second kappa shape index (κ2) is 8.40. The number of fused-ring (bicyclic) bond motifs is 3. The first-order chi connectivity index (χ1) is 16.6. The van der Waals surface area contributed by atoms with Crippen molar-refractivity contribution in [3.63, 3.8) is 0 Å². The van der Waals surface area contributed by atoms with E-state index < -0.39 is 30.0 Å². The zero-order valence-electron chi connectivity index (χ0n) is 17.8. The number of nitrogens with zero attached hydrogens (tertiary/aromatic N) is 3. The molecule has 0 atom stereocenters. The monoisotopic (exact) mass is 507 g/mol. The van der Waals surface area contributed by atoms with E-state index in [1.807, 2.05) is 30.3 Å². The normalized spacial score (nSPS) is 12.9. The van der Waals surface area contributed by atoms with Crippen LogP contribution in [0.1, 0.15) is 11.1 Å². The van der Waals surface area contributed by atoms with Crippen molar-refractivity contribution >= 4 is 53.0 Å². The first-order valence-corrected chi connectivity index (χ1v) is 13.1. The summed E-state index contributed by atoms with van der Waals surface area (Å²) in [6.45, 7) is 0. The molecule has 0 aliphatic heterocycles.